The zero-order valence-electron chi connectivity index (χ0n) is 20.0. The lowest BCUT2D eigenvalue weighted by atomic mass is 9.99. The molecule has 0 saturated heterocycles. The van der Waals surface area contributed by atoms with Gasteiger partial charge in [-0.05, 0) is 41.7 Å². The standard InChI is InChI=1S/C28H35F3O2/c1-11-15-32-25(10)28(31)27(30)24(9)19(4)14-13-18(3)20(5)16-26(29)23(8)21(6)17-33-22(7)12-2/h12-14,16,21-22H,2-5,8-11,15,17H2,1,6-7H3/b14-13-,26-16+,28-27-. The topological polar surface area (TPSA) is 18.5 Å². The van der Waals surface area contributed by atoms with Crippen molar-refractivity contribution in [2.75, 3.05) is 13.2 Å². The Balaban J connectivity index is 5.14. The van der Waals surface area contributed by atoms with Gasteiger partial charge in [0.25, 0.3) is 0 Å². The van der Waals surface area contributed by atoms with E-state index in [4.69, 9.17) is 9.47 Å². The molecule has 0 aromatic carbocycles. The van der Waals surface area contributed by atoms with Crippen molar-refractivity contribution in [3.8, 4) is 0 Å². The second-order valence-corrected chi connectivity index (χ2v) is 7.48. The second kappa shape index (κ2) is 14.9. The molecule has 2 unspecified atom stereocenters. The van der Waals surface area contributed by atoms with E-state index >= 15 is 0 Å². The summed E-state index contributed by atoms with van der Waals surface area (Å²) in [7, 11) is 0. The van der Waals surface area contributed by atoms with Crippen molar-refractivity contribution in [3.63, 3.8) is 0 Å². The van der Waals surface area contributed by atoms with Crippen molar-refractivity contribution in [3.05, 3.63) is 121 Å². The summed E-state index contributed by atoms with van der Waals surface area (Å²) in [6.07, 6.45) is 6.16. The average Bonchev–Trinajstić information content (AvgIpc) is 2.81. The Labute approximate surface area is 196 Å². The second-order valence-electron chi connectivity index (χ2n) is 7.48. The summed E-state index contributed by atoms with van der Waals surface area (Å²) in [6.45, 7) is 31.5. The number of ether oxygens (including phenoxy) is 2. The fraction of sp³-hybridized carbons (Fsp3) is 0.286. The van der Waals surface area contributed by atoms with Crippen molar-refractivity contribution in [2.24, 2.45) is 5.92 Å². The Hall–Kier alpha value is -3.05. The maximum absolute atomic E-state index is 14.6. The van der Waals surface area contributed by atoms with Gasteiger partial charge in [-0.3, -0.25) is 0 Å². The molecule has 0 aliphatic heterocycles. The minimum absolute atomic E-state index is 0.0934. The van der Waals surface area contributed by atoms with Crippen molar-refractivity contribution in [2.45, 2.75) is 33.3 Å². The summed E-state index contributed by atoms with van der Waals surface area (Å²) in [4.78, 5) is 0. The first kappa shape index (κ1) is 30.0. The van der Waals surface area contributed by atoms with Gasteiger partial charge in [-0.1, -0.05) is 71.5 Å². The van der Waals surface area contributed by atoms with Crippen molar-refractivity contribution >= 4 is 0 Å². The Kier molecular flexibility index (Phi) is 13.5. The first-order valence-corrected chi connectivity index (χ1v) is 10.5. The summed E-state index contributed by atoms with van der Waals surface area (Å²) in [5.41, 5.74) is 0.697. The van der Waals surface area contributed by atoms with Crippen LogP contribution in [-0.2, 0) is 9.47 Å². The van der Waals surface area contributed by atoms with E-state index in [0.29, 0.717) is 12.0 Å². The monoisotopic (exact) mass is 460 g/mol. The minimum atomic E-state index is -1.24. The van der Waals surface area contributed by atoms with E-state index in [9.17, 15) is 13.2 Å². The van der Waals surface area contributed by atoms with E-state index in [1.54, 1.807) is 13.0 Å². The van der Waals surface area contributed by atoms with E-state index in [1.807, 2.05) is 13.8 Å². The van der Waals surface area contributed by atoms with Crippen LogP contribution in [0.15, 0.2) is 121 Å². The highest BCUT2D eigenvalue weighted by molar-refractivity contribution is 5.52. The van der Waals surface area contributed by atoms with Gasteiger partial charge in [0.2, 0.25) is 5.83 Å². The van der Waals surface area contributed by atoms with E-state index in [2.05, 4.69) is 46.1 Å². The molecular formula is C28H35F3O2. The molecule has 2 atom stereocenters. The summed E-state index contributed by atoms with van der Waals surface area (Å²) >= 11 is 0. The SMILES string of the molecule is C=CC(C)OCC(C)C(=C)/C(F)=C\C(=C)C(=C)/C=C\C(=C)C(=C)/C(F)=C(/F)C(=C)OCCC. The molecule has 33 heavy (non-hydrogen) atoms. The Morgan fingerprint density at radius 2 is 1.45 bits per heavy atom. The molecule has 0 rings (SSSR count). The van der Waals surface area contributed by atoms with Gasteiger partial charge < -0.3 is 9.47 Å². The summed E-state index contributed by atoms with van der Waals surface area (Å²) in [5.74, 6) is -3.69. The van der Waals surface area contributed by atoms with Crippen molar-refractivity contribution in [1.82, 2.24) is 0 Å². The first-order valence-electron chi connectivity index (χ1n) is 10.5. The molecule has 0 aliphatic carbocycles. The summed E-state index contributed by atoms with van der Waals surface area (Å²) < 4.78 is 53.5. The lowest BCUT2D eigenvalue weighted by molar-refractivity contribution is 0.0800. The smallest absolute Gasteiger partial charge is 0.200 e. The first-order chi connectivity index (χ1) is 15.4. The Morgan fingerprint density at radius 1 is 0.879 bits per heavy atom. The van der Waals surface area contributed by atoms with Crippen LogP contribution in [0.5, 0.6) is 0 Å². The highest BCUT2D eigenvalue weighted by atomic mass is 19.2. The van der Waals surface area contributed by atoms with E-state index < -0.39 is 23.2 Å². The van der Waals surface area contributed by atoms with Gasteiger partial charge in [0, 0.05) is 11.5 Å². The van der Waals surface area contributed by atoms with Crippen LogP contribution in [0.1, 0.15) is 27.2 Å². The van der Waals surface area contributed by atoms with Crippen LogP contribution >= 0.6 is 0 Å². The quantitative estimate of drug-likeness (QED) is 0.131. The molecular weight excluding hydrogens is 425 g/mol. The number of allylic oxidation sites excluding steroid dienone is 10. The normalized spacial score (nSPS) is 14.2. The van der Waals surface area contributed by atoms with Gasteiger partial charge in [0.05, 0.1) is 19.3 Å². The molecule has 180 valence electrons. The van der Waals surface area contributed by atoms with E-state index in [1.165, 1.54) is 18.2 Å². The van der Waals surface area contributed by atoms with Gasteiger partial charge in [-0.2, -0.15) is 4.39 Å². The van der Waals surface area contributed by atoms with Gasteiger partial charge in [0.15, 0.2) is 11.6 Å². The predicted octanol–water partition coefficient (Wildman–Crippen LogP) is 8.50. The largest absolute Gasteiger partial charge is 0.491 e. The number of rotatable bonds is 16. The lowest BCUT2D eigenvalue weighted by Gasteiger charge is -2.16. The highest BCUT2D eigenvalue weighted by Gasteiger charge is 2.16. The van der Waals surface area contributed by atoms with Crippen LogP contribution < -0.4 is 0 Å². The Morgan fingerprint density at radius 3 is 2.00 bits per heavy atom. The third-order valence-corrected chi connectivity index (χ3v) is 4.61. The van der Waals surface area contributed by atoms with Crippen molar-refractivity contribution in [1.29, 1.82) is 0 Å². The molecule has 0 N–H and O–H groups in total. The Bertz CT molecular complexity index is 900. The zero-order chi connectivity index (χ0) is 25.7. The van der Waals surface area contributed by atoms with Gasteiger partial charge in [-0.15, -0.1) is 6.58 Å². The summed E-state index contributed by atoms with van der Waals surface area (Å²) in [5, 5.41) is 0. The molecule has 0 radical (unpaired) electrons. The molecule has 0 heterocycles. The predicted molar refractivity (Wildman–Crippen MR) is 133 cm³/mol. The molecule has 0 aromatic heterocycles. The molecule has 5 heteroatoms. The van der Waals surface area contributed by atoms with Crippen LogP contribution in [0, 0.1) is 5.92 Å². The van der Waals surface area contributed by atoms with Crippen LogP contribution in [0.3, 0.4) is 0 Å². The lowest BCUT2D eigenvalue weighted by Crippen LogP contribution is -2.13. The van der Waals surface area contributed by atoms with Crippen molar-refractivity contribution < 1.29 is 22.6 Å². The zero-order valence-corrected chi connectivity index (χ0v) is 20.0. The van der Waals surface area contributed by atoms with Crippen LogP contribution in [0.2, 0.25) is 0 Å². The maximum atomic E-state index is 14.6. The van der Waals surface area contributed by atoms with Gasteiger partial charge in [-0.25, -0.2) is 8.78 Å². The minimum Gasteiger partial charge on any atom is -0.491 e. The number of halogens is 3. The molecule has 0 fully saturated rings. The fourth-order valence-electron chi connectivity index (χ4n) is 2.13. The van der Waals surface area contributed by atoms with E-state index in [0.717, 1.165) is 0 Å². The molecule has 0 aromatic rings. The third-order valence-electron chi connectivity index (χ3n) is 4.61. The molecule has 0 saturated carbocycles. The fourth-order valence-corrected chi connectivity index (χ4v) is 2.13. The third kappa shape index (κ3) is 10.4. The van der Waals surface area contributed by atoms with Crippen LogP contribution in [0.4, 0.5) is 13.2 Å². The summed E-state index contributed by atoms with van der Waals surface area (Å²) in [6, 6.07) is 0. The van der Waals surface area contributed by atoms with Gasteiger partial charge >= 0.3 is 0 Å². The molecule has 0 bridgehead atoms. The molecule has 0 spiro atoms. The average molecular weight is 461 g/mol. The molecule has 0 amide bonds. The van der Waals surface area contributed by atoms with Gasteiger partial charge in [0.1, 0.15) is 5.83 Å². The molecule has 0 aliphatic rings. The van der Waals surface area contributed by atoms with E-state index in [-0.39, 0.29) is 47.5 Å². The highest BCUT2D eigenvalue weighted by Crippen LogP contribution is 2.28. The molecule has 2 nitrogen and oxygen atoms in total. The van der Waals surface area contributed by atoms with Crippen LogP contribution in [-0.4, -0.2) is 19.3 Å². The number of hydrogen-bond donors (Lipinski definition) is 0. The van der Waals surface area contributed by atoms with Crippen LogP contribution in [0.25, 0.3) is 0 Å². The maximum Gasteiger partial charge on any atom is 0.200 e. The number of hydrogen-bond acceptors (Lipinski definition) is 2.